The molecule has 0 spiro atoms. The van der Waals surface area contributed by atoms with Crippen LogP contribution in [0.5, 0.6) is 5.75 Å². The van der Waals surface area contributed by atoms with E-state index < -0.39 is 4.92 Å². The van der Waals surface area contributed by atoms with Crippen LogP contribution in [0, 0.1) is 10.1 Å². The number of hydrogen-bond acceptors (Lipinski definition) is 6. The molecular weight excluding hydrogens is 539 g/mol. The van der Waals surface area contributed by atoms with Crippen molar-refractivity contribution in [2.75, 3.05) is 4.90 Å². The Bertz CT molecular complexity index is 1360. The molecule has 1 aliphatic heterocycles. The van der Waals surface area contributed by atoms with Crippen LogP contribution in [0.4, 0.5) is 11.4 Å². The first-order valence-corrected chi connectivity index (χ1v) is 12.0. The minimum absolute atomic E-state index is 0.0631. The number of nitro benzene ring substituents is 1. The van der Waals surface area contributed by atoms with E-state index in [4.69, 9.17) is 51.8 Å². The molecule has 11 heteroatoms. The fourth-order valence-electron chi connectivity index (χ4n) is 3.14. The lowest BCUT2D eigenvalue weighted by Crippen LogP contribution is -2.27. The lowest BCUT2D eigenvalue weighted by molar-refractivity contribution is -0.386. The van der Waals surface area contributed by atoms with Gasteiger partial charge in [-0.1, -0.05) is 83.0 Å². The van der Waals surface area contributed by atoms with Gasteiger partial charge in [0.1, 0.15) is 6.61 Å². The van der Waals surface area contributed by atoms with Crippen LogP contribution < -0.4 is 9.64 Å². The van der Waals surface area contributed by atoms with Crippen molar-refractivity contribution in [1.29, 1.82) is 0 Å². The molecule has 1 fully saturated rings. The van der Waals surface area contributed by atoms with Crippen LogP contribution in [0.25, 0.3) is 6.08 Å². The van der Waals surface area contributed by atoms with Gasteiger partial charge in [-0.05, 0) is 47.5 Å². The van der Waals surface area contributed by atoms with Gasteiger partial charge in [0.2, 0.25) is 0 Å². The van der Waals surface area contributed by atoms with E-state index in [1.54, 1.807) is 54.6 Å². The first-order chi connectivity index (χ1) is 16.2. The second kappa shape index (κ2) is 10.3. The number of thiocarbonyl (C=S) groups is 1. The summed E-state index contributed by atoms with van der Waals surface area (Å²) >= 11 is 24.6. The van der Waals surface area contributed by atoms with Crippen molar-refractivity contribution in [3.63, 3.8) is 0 Å². The highest BCUT2D eigenvalue weighted by atomic mass is 35.5. The molecule has 34 heavy (non-hydrogen) atoms. The highest BCUT2D eigenvalue weighted by Crippen LogP contribution is 2.39. The van der Waals surface area contributed by atoms with E-state index in [2.05, 4.69) is 0 Å². The van der Waals surface area contributed by atoms with Crippen molar-refractivity contribution >= 4 is 86.5 Å². The molecule has 6 nitrogen and oxygen atoms in total. The molecule has 3 aromatic rings. The molecule has 1 saturated heterocycles. The van der Waals surface area contributed by atoms with E-state index in [9.17, 15) is 14.9 Å². The van der Waals surface area contributed by atoms with E-state index in [1.165, 1.54) is 17.0 Å². The number of ether oxygens (including phenoxy) is 1. The summed E-state index contributed by atoms with van der Waals surface area (Å²) in [5.74, 6) is -0.275. The number of carbonyl (C=O) groups is 1. The normalized spacial score (nSPS) is 14.7. The van der Waals surface area contributed by atoms with Gasteiger partial charge in [0.05, 0.1) is 30.6 Å². The first kappa shape index (κ1) is 24.5. The lowest BCUT2D eigenvalue weighted by Gasteiger charge is -2.15. The zero-order valence-corrected chi connectivity index (χ0v) is 20.9. The number of rotatable bonds is 6. The van der Waals surface area contributed by atoms with E-state index in [0.29, 0.717) is 41.1 Å². The van der Waals surface area contributed by atoms with Crippen LogP contribution in [-0.4, -0.2) is 15.2 Å². The molecule has 0 unspecified atom stereocenters. The minimum Gasteiger partial charge on any atom is -0.482 e. The quantitative estimate of drug-likeness (QED) is 0.136. The van der Waals surface area contributed by atoms with Gasteiger partial charge in [-0.25, -0.2) is 0 Å². The smallest absolute Gasteiger partial charge is 0.311 e. The highest BCUT2D eigenvalue weighted by Gasteiger charge is 2.34. The minimum atomic E-state index is -0.545. The lowest BCUT2D eigenvalue weighted by atomic mass is 10.1. The van der Waals surface area contributed by atoms with Gasteiger partial charge in [0, 0.05) is 6.07 Å². The fourth-order valence-corrected chi connectivity index (χ4v) is 4.97. The van der Waals surface area contributed by atoms with Crippen molar-refractivity contribution in [2.24, 2.45) is 0 Å². The number of hydrogen-bond donors (Lipinski definition) is 0. The topological polar surface area (TPSA) is 72.7 Å². The molecule has 1 aliphatic rings. The summed E-state index contributed by atoms with van der Waals surface area (Å²) in [7, 11) is 0. The number of anilines is 1. The standard InChI is InChI=1S/C23H13Cl3N2O4S2/c24-15-7-5-14(9-17(15)26)12-32-20-8-6-13(10-19(20)28(30)31)11-21-22(29)27(23(33)34-21)18-4-2-1-3-16(18)25/h1-11H,12H2/b21-11+. The molecule has 172 valence electrons. The van der Waals surface area contributed by atoms with E-state index in [1.807, 2.05) is 0 Å². The van der Waals surface area contributed by atoms with E-state index in [0.717, 1.165) is 11.8 Å². The van der Waals surface area contributed by atoms with E-state index in [-0.39, 0.29) is 24.0 Å². The van der Waals surface area contributed by atoms with Gasteiger partial charge in [-0.15, -0.1) is 0 Å². The number of nitrogens with zero attached hydrogens (tertiary/aromatic N) is 2. The second-order valence-electron chi connectivity index (χ2n) is 6.99. The largest absolute Gasteiger partial charge is 0.482 e. The Balaban J connectivity index is 1.58. The first-order valence-electron chi connectivity index (χ1n) is 9.62. The average Bonchev–Trinajstić information content (AvgIpc) is 3.08. The maximum absolute atomic E-state index is 13.0. The molecule has 0 radical (unpaired) electrons. The zero-order chi connectivity index (χ0) is 24.4. The Morgan fingerprint density at radius 3 is 2.50 bits per heavy atom. The van der Waals surface area contributed by atoms with Crippen LogP contribution >= 0.6 is 58.8 Å². The fraction of sp³-hybridized carbons (Fsp3) is 0.0435. The Kier molecular flexibility index (Phi) is 7.45. The molecule has 4 rings (SSSR count). The molecule has 0 atom stereocenters. The molecule has 1 heterocycles. The molecule has 3 aromatic carbocycles. The van der Waals surface area contributed by atoms with Gasteiger partial charge >= 0.3 is 5.69 Å². The molecule has 1 amide bonds. The maximum Gasteiger partial charge on any atom is 0.311 e. The Labute approximate surface area is 219 Å². The van der Waals surface area contributed by atoms with Crippen molar-refractivity contribution in [2.45, 2.75) is 6.61 Å². The Morgan fingerprint density at radius 2 is 1.79 bits per heavy atom. The second-order valence-corrected chi connectivity index (χ2v) is 9.89. The third-order valence-electron chi connectivity index (χ3n) is 4.74. The van der Waals surface area contributed by atoms with Crippen molar-refractivity contribution < 1.29 is 14.5 Å². The van der Waals surface area contributed by atoms with Gasteiger partial charge in [-0.3, -0.25) is 19.8 Å². The monoisotopic (exact) mass is 550 g/mol. The number of nitro groups is 1. The molecule has 0 aromatic heterocycles. The van der Waals surface area contributed by atoms with Gasteiger partial charge in [-0.2, -0.15) is 0 Å². The van der Waals surface area contributed by atoms with Gasteiger partial charge in [0.25, 0.3) is 5.91 Å². The molecular formula is C23H13Cl3N2O4S2. The molecule has 0 N–H and O–H groups in total. The maximum atomic E-state index is 13.0. The number of para-hydroxylation sites is 1. The van der Waals surface area contributed by atoms with Crippen molar-refractivity contribution in [1.82, 2.24) is 0 Å². The summed E-state index contributed by atoms with van der Waals surface area (Å²) in [5, 5.41) is 12.8. The third-order valence-corrected chi connectivity index (χ3v) is 7.10. The Hall–Kier alpha value is -2.62. The summed E-state index contributed by atoms with van der Waals surface area (Å²) in [6, 6.07) is 16.3. The van der Waals surface area contributed by atoms with Gasteiger partial charge < -0.3 is 4.74 Å². The number of halogens is 3. The molecule has 0 bridgehead atoms. The van der Waals surface area contributed by atoms with E-state index >= 15 is 0 Å². The highest BCUT2D eigenvalue weighted by molar-refractivity contribution is 8.27. The molecule has 0 aliphatic carbocycles. The number of benzene rings is 3. The van der Waals surface area contributed by atoms with Crippen molar-refractivity contribution in [3.05, 3.63) is 102 Å². The third kappa shape index (κ3) is 5.21. The molecule has 0 saturated carbocycles. The zero-order valence-electron chi connectivity index (χ0n) is 17.0. The SMILES string of the molecule is O=C1/C(=C\c2ccc(OCc3ccc(Cl)c(Cl)c3)c([N+](=O)[O-])c2)SC(=S)N1c1ccccc1Cl. The summed E-state index contributed by atoms with van der Waals surface area (Å²) < 4.78 is 5.97. The summed E-state index contributed by atoms with van der Waals surface area (Å²) in [6.45, 7) is 0.0631. The van der Waals surface area contributed by atoms with Crippen LogP contribution in [0.15, 0.2) is 65.6 Å². The predicted molar refractivity (Wildman–Crippen MR) is 141 cm³/mol. The van der Waals surface area contributed by atoms with Crippen LogP contribution in [-0.2, 0) is 11.4 Å². The number of amides is 1. The Morgan fingerprint density at radius 1 is 1.03 bits per heavy atom. The summed E-state index contributed by atoms with van der Waals surface area (Å²) in [6.07, 6.45) is 1.55. The summed E-state index contributed by atoms with van der Waals surface area (Å²) in [4.78, 5) is 25.8. The predicted octanol–water partition coefficient (Wildman–Crippen LogP) is 7.54. The number of thioether (sulfide) groups is 1. The summed E-state index contributed by atoms with van der Waals surface area (Å²) in [5.41, 5.74) is 1.40. The van der Waals surface area contributed by atoms with Crippen LogP contribution in [0.3, 0.4) is 0 Å². The average molecular weight is 552 g/mol. The van der Waals surface area contributed by atoms with Crippen LogP contribution in [0.1, 0.15) is 11.1 Å². The number of carbonyl (C=O) groups excluding carboxylic acids is 1. The van der Waals surface area contributed by atoms with Crippen LogP contribution in [0.2, 0.25) is 15.1 Å². The van der Waals surface area contributed by atoms with Crippen molar-refractivity contribution in [3.8, 4) is 5.75 Å². The van der Waals surface area contributed by atoms with Gasteiger partial charge in [0.15, 0.2) is 10.1 Å².